The van der Waals surface area contributed by atoms with Crippen molar-refractivity contribution in [3.05, 3.63) is 212 Å². The van der Waals surface area contributed by atoms with E-state index in [2.05, 4.69) is 207 Å². The molecule has 2 heterocycles. The molecule has 0 aliphatic heterocycles. The highest BCUT2D eigenvalue weighted by molar-refractivity contribution is 6.07. The van der Waals surface area contributed by atoms with Crippen molar-refractivity contribution in [2.24, 2.45) is 0 Å². The van der Waals surface area contributed by atoms with E-state index in [0.29, 0.717) is 0 Å². The fraction of sp³-hybridized carbons (Fsp3) is 0.0566. The second-order valence-corrected chi connectivity index (χ2v) is 15.1. The summed E-state index contributed by atoms with van der Waals surface area (Å²) in [6, 6.07) is 67.0. The maximum atomic E-state index is 5.14. The highest BCUT2D eigenvalue weighted by Gasteiger charge is 2.37. The van der Waals surface area contributed by atoms with Gasteiger partial charge in [-0.1, -0.05) is 147 Å². The maximum Gasteiger partial charge on any atom is 0.0719 e. The van der Waals surface area contributed by atoms with E-state index in [4.69, 9.17) is 9.97 Å². The Labute approximate surface area is 328 Å². The number of pyridine rings is 2. The first-order chi connectivity index (χ1) is 27.5. The summed E-state index contributed by atoms with van der Waals surface area (Å²) < 4.78 is 0. The van der Waals surface area contributed by atoms with E-state index < -0.39 is 0 Å². The van der Waals surface area contributed by atoms with Crippen molar-refractivity contribution >= 4 is 27.8 Å². The van der Waals surface area contributed by atoms with E-state index in [1.165, 1.54) is 60.8 Å². The molecule has 0 saturated carbocycles. The number of fused-ring (bicyclic) bond motifs is 4. The molecule has 1 aliphatic carbocycles. The molecule has 0 atom stereocenters. The zero-order chi connectivity index (χ0) is 37.6. The van der Waals surface area contributed by atoms with Gasteiger partial charge in [0.15, 0.2) is 0 Å². The van der Waals surface area contributed by atoms with E-state index >= 15 is 0 Å². The average Bonchev–Trinajstić information content (AvgIpc) is 3.49. The Bertz CT molecular complexity index is 2740. The number of hydrogen-bond donors (Lipinski definition) is 0. The molecule has 0 saturated heterocycles. The number of hydrogen-bond acceptors (Lipinski definition) is 3. The smallest absolute Gasteiger partial charge is 0.0719 e. The van der Waals surface area contributed by atoms with Crippen LogP contribution in [0.15, 0.2) is 200 Å². The van der Waals surface area contributed by atoms with Gasteiger partial charge in [-0.15, -0.1) is 0 Å². The van der Waals surface area contributed by atoms with Crippen molar-refractivity contribution in [2.45, 2.75) is 19.3 Å². The third kappa shape index (κ3) is 5.77. The van der Waals surface area contributed by atoms with Crippen molar-refractivity contribution in [3.63, 3.8) is 0 Å². The Morgan fingerprint density at radius 2 is 0.911 bits per heavy atom. The molecule has 0 bridgehead atoms. The first-order valence-electron chi connectivity index (χ1n) is 19.2. The lowest BCUT2D eigenvalue weighted by Crippen LogP contribution is -2.15. The quantitative estimate of drug-likeness (QED) is 0.164. The third-order valence-corrected chi connectivity index (χ3v) is 11.4. The second kappa shape index (κ2) is 13.6. The van der Waals surface area contributed by atoms with Crippen LogP contribution in [0.1, 0.15) is 25.0 Å². The van der Waals surface area contributed by atoms with Gasteiger partial charge in [0.25, 0.3) is 0 Å². The van der Waals surface area contributed by atoms with Crippen LogP contribution in [0.25, 0.3) is 66.7 Å². The normalized spacial score (nSPS) is 12.6. The van der Waals surface area contributed by atoms with Crippen LogP contribution in [-0.4, -0.2) is 9.97 Å². The van der Waals surface area contributed by atoms with Crippen molar-refractivity contribution in [2.75, 3.05) is 4.90 Å². The minimum absolute atomic E-state index is 0.0991. The molecule has 0 unspecified atom stereocenters. The first-order valence-corrected chi connectivity index (χ1v) is 19.2. The van der Waals surface area contributed by atoms with Crippen LogP contribution < -0.4 is 4.90 Å². The summed E-state index contributed by atoms with van der Waals surface area (Å²) in [6.07, 6.45) is 3.94. The number of anilines is 3. The average molecular weight is 718 g/mol. The van der Waals surface area contributed by atoms with E-state index in [1.807, 2.05) is 12.4 Å². The zero-order valence-corrected chi connectivity index (χ0v) is 31.4. The molecular weight excluding hydrogens is 679 g/mol. The molecule has 7 aromatic carbocycles. The number of rotatable bonds is 7. The largest absolute Gasteiger partial charge is 0.309 e. The Morgan fingerprint density at radius 1 is 0.393 bits per heavy atom. The van der Waals surface area contributed by atoms with Crippen molar-refractivity contribution in [1.29, 1.82) is 0 Å². The van der Waals surface area contributed by atoms with Gasteiger partial charge >= 0.3 is 0 Å². The van der Waals surface area contributed by atoms with Gasteiger partial charge in [-0.25, -0.2) is 0 Å². The second-order valence-electron chi connectivity index (χ2n) is 15.1. The summed E-state index contributed by atoms with van der Waals surface area (Å²) in [5, 5.41) is 2.45. The van der Waals surface area contributed by atoms with Crippen molar-refractivity contribution < 1.29 is 0 Å². The number of benzene rings is 7. The monoisotopic (exact) mass is 717 g/mol. The summed E-state index contributed by atoms with van der Waals surface area (Å²) >= 11 is 0. The molecule has 0 radical (unpaired) electrons. The zero-order valence-electron chi connectivity index (χ0n) is 31.4. The topological polar surface area (TPSA) is 29.0 Å². The van der Waals surface area contributed by atoms with Crippen molar-refractivity contribution in [3.8, 4) is 55.9 Å². The predicted molar refractivity (Wildman–Crippen MR) is 234 cm³/mol. The van der Waals surface area contributed by atoms with E-state index in [1.54, 1.807) is 0 Å². The molecule has 3 nitrogen and oxygen atoms in total. The fourth-order valence-corrected chi connectivity index (χ4v) is 8.47. The Balaban J connectivity index is 1.01. The van der Waals surface area contributed by atoms with E-state index in [9.17, 15) is 0 Å². The summed E-state index contributed by atoms with van der Waals surface area (Å²) in [7, 11) is 0. The molecule has 56 heavy (non-hydrogen) atoms. The standard InChI is InChI=1S/C53H39N3/c1-53(2)47-20-12-11-19-46(47)51-48(53)33-40-17-9-10-18-45(40)52(51)50-31-25-41(34-54-50)49-32-30-44(35-55-49)56(42-26-21-38(22-27-42)36-13-5-3-6-14-36)43-28-23-39(24-29-43)37-15-7-4-8-16-37/h3-35H,1-2H3. The van der Waals surface area contributed by atoms with Crippen LogP contribution in [0.2, 0.25) is 0 Å². The first kappa shape index (κ1) is 33.5. The SMILES string of the molecule is CC1(C)c2ccccc2-c2c1cc1ccccc1c2-c1ccc(-c2ccc(N(c3ccc(-c4ccccc4)cc3)c3ccc(-c4ccccc4)cc3)cn2)cn1. The molecule has 3 heteroatoms. The van der Waals surface area contributed by atoms with Gasteiger partial charge < -0.3 is 4.90 Å². The summed E-state index contributed by atoms with van der Waals surface area (Å²) in [5.41, 5.74) is 17.1. The molecule has 0 spiro atoms. The van der Waals surface area contributed by atoms with Crippen molar-refractivity contribution in [1.82, 2.24) is 9.97 Å². The summed E-state index contributed by atoms with van der Waals surface area (Å²) in [4.78, 5) is 12.4. The summed E-state index contributed by atoms with van der Waals surface area (Å²) in [5.74, 6) is 0. The molecule has 10 rings (SSSR count). The molecule has 0 amide bonds. The van der Waals surface area contributed by atoms with Crippen LogP contribution in [0.4, 0.5) is 17.1 Å². The number of nitrogens with zero attached hydrogens (tertiary/aromatic N) is 3. The molecule has 266 valence electrons. The highest BCUT2D eigenvalue weighted by atomic mass is 15.1. The lowest BCUT2D eigenvalue weighted by atomic mass is 9.81. The Hall–Kier alpha value is -7.10. The molecule has 0 N–H and O–H groups in total. The maximum absolute atomic E-state index is 5.14. The van der Waals surface area contributed by atoms with Crippen LogP contribution in [0.5, 0.6) is 0 Å². The van der Waals surface area contributed by atoms with Gasteiger partial charge in [-0.05, 0) is 110 Å². The van der Waals surface area contributed by atoms with E-state index in [0.717, 1.165) is 34.0 Å². The number of aromatic nitrogens is 2. The highest BCUT2D eigenvalue weighted by Crippen LogP contribution is 2.54. The van der Waals surface area contributed by atoms with E-state index in [-0.39, 0.29) is 5.41 Å². The van der Waals surface area contributed by atoms with Crippen LogP contribution in [0, 0.1) is 0 Å². The predicted octanol–water partition coefficient (Wildman–Crippen LogP) is 14.1. The minimum atomic E-state index is -0.0991. The van der Waals surface area contributed by atoms with Crippen LogP contribution in [-0.2, 0) is 5.41 Å². The Morgan fingerprint density at radius 3 is 1.52 bits per heavy atom. The van der Waals surface area contributed by atoms with Crippen LogP contribution >= 0.6 is 0 Å². The molecule has 9 aromatic rings. The third-order valence-electron chi connectivity index (χ3n) is 11.4. The van der Waals surface area contributed by atoms with Gasteiger partial charge in [0.2, 0.25) is 0 Å². The lowest BCUT2D eigenvalue weighted by Gasteiger charge is -2.26. The minimum Gasteiger partial charge on any atom is -0.309 e. The molecule has 2 aromatic heterocycles. The summed E-state index contributed by atoms with van der Waals surface area (Å²) in [6.45, 7) is 4.67. The molecular formula is C53H39N3. The van der Waals surface area contributed by atoms with Gasteiger partial charge in [0.1, 0.15) is 0 Å². The molecule has 0 fully saturated rings. The van der Waals surface area contributed by atoms with Gasteiger partial charge in [0, 0.05) is 34.1 Å². The van der Waals surface area contributed by atoms with Gasteiger partial charge in [0.05, 0.1) is 23.3 Å². The lowest BCUT2D eigenvalue weighted by molar-refractivity contribution is 0.661. The fourth-order valence-electron chi connectivity index (χ4n) is 8.47. The molecule has 1 aliphatic rings. The van der Waals surface area contributed by atoms with Gasteiger partial charge in [-0.3, -0.25) is 9.97 Å². The van der Waals surface area contributed by atoms with Gasteiger partial charge in [-0.2, -0.15) is 0 Å². The Kier molecular flexibility index (Phi) is 8.15. The van der Waals surface area contributed by atoms with Crippen LogP contribution in [0.3, 0.4) is 0 Å².